The van der Waals surface area contributed by atoms with Crippen LogP contribution in [-0.4, -0.2) is 43.6 Å². The summed E-state index contributed by atoms with van der Waals surface area (Å²) in [4.78, 5) is 6.71. The number of nitrogens with one attached hydrogen (secondary N) is 2. The monoisotopic (exact) mass is 458 g/mol. The predicted octanol–water partition coefficient (Wildman–Crippen LogP) is 3.75. The van der Waals surface area contributed by atoms with Gasteiger partial charge in [0.2, 0.25) is 0 Å². The summed E-state index contributed by atoms with van der Waals surface area (Å²) in [6.45, 7) is 12.3. The van der Waals surface area contributed by atoms with Gasteiger partial charge < -0.3 is 15.1 Å². The van der Waals surface area contributed by atoms with E-state index in [0.717, 1.165) is 36.9 Å². The lowest BCUT2D eigenvalue weighted by molar-refractivity contribution is 0.237. The first-order chi connectivity index (χ1) is 11.6. The normalized spacial score (nSPS) is 11.9. The van der Waals surface area contributed by atoms with Gasteiger partial charge in [-0.2, -0.15) is 0 Å². The smallest absolute Gasteiger partial charge is 0.191 e. The maximum atomic E-state index is 5.93. The third kappa shape index (κ3) is 5.88. The van der Waals surface area contributed by atoms with Crippen LogP contribution in [0.2, 0.25) is 0 Å². The maximum absolute atomic E-state index is 5.93. The van der Waals surface area contributed by atoms with Gasteiger partial charge in [-0.15, -0.1) is 24.0 Å². The number of hydrogen-bond donors (Lipinski definition) is 2. The molecule has 0 saturated carbocycles. The Labute approximate surface area is 168 Å². The number of fused-ring (bicyclic) bond motifs is 1. The van der Waals surface area contributed by atoms with Crippen molar-refractivity contribution in [3.8, 4) is 0 Å². The van der Waals surface area contributed by atoms with Gasteiger partial charge in [-0.25, -0.2) is 0 Å². The molecule has 0 bridgehead atoms. The van der Waals surface area contributed by atoms with Crippen LogP contribution in [0.5, 0.6) is 0 Å². The predicted molar refractivity (Wildman–Crippen MR) is 117 cm³/mol. The number of halogens is 1. The number of nitrogens with zero attached hydrogens (tertiary/aromatic N) is 2. The number of aryl methyl sites for hydroxylation is 1. The molecule has 0 radical (unpaired) electrons. The molecule has 0 aliphatic carbocycles. The number of benzene rings is 1. The van der Waals surface area contributed by atoms with Gasteiger partial charge in [-0.1, -0.05) is 25.1 Å². The highest BCUT2D eigenvalue weighted by Gasteiger charge is 2.11. The van der Waals surface area contributed by atoms with Gasteiger partial charge in [0.1, 0.15) is 11.3 Å². The van der Waals surface area contributed by atoms with Gasteiger partial charge in [-0.05, 0) is 33.4 Å². The summed E-state index contributed by atoms with van der Waals surface area (Å²) in [7, 11) is 1.79. The average Bonchev–Trinajstić information content (AvgIpc) is 2.90. The molecule has 25 heavy (non-hydrogen) atoms. The number of likely N-dealkylation sites (N-methyl/N-ethyl adjacent to an activating group) is 1. The molecule has 2 aromatic rings. The molecule has 1 aromatic heterocycles. The fourth-order valence-electron chi connectivity index (χ4n) is 2.88. The van der Waals surface area contributed by atoms with E-state index < -0.39 is 0 Å². The molecule has 0 fully saturated rings. The zero-order valence-corrected chi connectivity index (χ0v) is 18.3. The molecule has 0 spiro atoms. The Balaban J connectivity index is 0.00000312. The van der Waals surface area contributed by atoms with Crippen molar-refractivity contribution in [2.75, 3.05) is 26.7 Å². The van der Waals surface area contributed by atoms with E-state index in [2.05, 4.69) is 54.3 Å². The van der Waals surface area contributed by atoms with Gasteiger partial charge in [0, 0.05) is 37.1 Å². The molecule has 1 heterocycles. The van der Waals surface area contributed by atoms with Crippen LogP contribution in [0.15, 0.2) is 33.7 Å². The lowest BCUT2D eigenvalue weighted by Crippen LogP contribution is -2.42. The van der Waals surface area contributed by atoms with Crippen molar-refractivity contribution in [1.82, 2.24) is 15.5 Å². The molecule has 0 aliphatic rings. The minimum atomic E-state index is 0. The molecular formula is C19H31IN4O. The lowest BCUT2D eigenvalue weighted by atomic mass is 10.1. The van der Waals surface area contributed by atoms with E-state index >= 15 is 0 Å². The maximum Gasteiger partial charge on any atom is 0.191 e. The van der Waals surface area contributed by atoms with Crippen molar-refractivity contribution in [3.05, 3.63) is 35.6 Å². The summed E-state index contributed by atoms with van der Waals surface area (Å²) in [5.41, 5.74) is 2.12. The van der Waals surface area contributed by atoms with E-state index in [1.54, 1.807) is 7.05 Å². The van der Waals surface area contributed by atoms with Crippen molar-refractivity contribution in [2.45, 2.75) is 40.3 Å². The van der Waals surface area contributed by atoms with Crippen molar-refractivity contribution >= 4 is 40.9 Å². The Morgan fingerprint density at radius 3 is 2.56 bits per heavy atom. The average molecular weight is 458 g/mol. The van der Waals surface area contributed by atoms with E-state index in [-0.39, 0.29) is 24.0 Å². The van der Waals surface area contributed by atoms with Gasteiger partial charge in [-0.3, -0.25) is 9.89 Å². The zero-order valence-electron chi connectivity index (χ0n) is 15.9. The van der Waals surface area contributed by atoms with Gasteiger partial charge in [0.15, 0.2) is 5.96 Å². The Morgan fingerprint density at radius 1 is 1.24 bits per heavy atom. The van der Waals surface area contributed by atoms with Gasteiger partial charge in [0.25, 0.3) is 0 Å². The number of hydrogen-bond acceptors (Lipinski definition) is 3. The van der Waals surface area contributed by atoms with E-state index in [1.165, 1.54) is 10.9 Å². The van der Waals surface area contributed by atoms with Crippen LogP contribution in [0, 0.1) is 6.92 Å². The number of para-hydroxylation sites is 1. The number of rotatable bonds is 7. The van der Waals surface area contributed by atoms with Crippen molar-refractivity contribution in [3.63, 3.8) is 0 Å². The third-order valence-electron chi connectivity index (χ3n) is 4.41. The highest BCUT2D eigenvalue weighted by atomic mass is 127. The quantitative estimate of drug-likeness (QED) is 0.377. The number of guanidine groups is 1. The highest BCUT2D eigenvalue weighted by Crippen LogP contribution is 2.24. The van der Waals surface area contributed by atoms with Crippen molar-refractivity contribution in [1.29, 1.82) is 0 Å². The molecular weight excluding hydrogens is 427 g/mol. The molecule has 6 heteroatoms. The first kappa shape index (κ1) is 21.8. The minimum Gasteiger partial charge on any atom is -0.459 e. The lowest BCUT2D eigenvalue weighted by Gasteiger charge is -2.25. The summed E-state index contributed by atoms with van der Waals surface area (Å²) in [5, 5.41) is 7.88. The van der Waals surface area contributed by atoms with Gasteiger partial charge in [0.05, 0.1) is 6.54 Å². The number of aliphatic imine (C=N–C) groups is 1. The Morgan fingerprint density at radius 2 is 1.96 bits per heavy atom. The highest BCUT2D eigenvalue weighted by molar-refractivity contribution is 14.0. The Kier molecular flexibility index (Phi) is 9.27. The molecule has 5 nitrogen and oxygen atoms in total. The molecule has 0 amide bonds. The van der Waals surface area contributed by atoms with Crippen LogP contribution in [0.25, 0.3) is 11.0 Å². The number of furan rings is 1. The van der Waals surface area contributed by atoms with Crippen LogP contribution < -0.4 is 10.6 Å². The standard InChI is InChI=1S/C19H30N4O.HI/c1-6-23(14(2)3)12-11-21-19(20-5)22-13-18-15(4)16-9-7-8-10-17(16)24-18;/h7-10,14H,6,11-13H2,1-5H3,(H2,20,21,22);1H. The summed E-state index contributed by atoms with van der Waals surface area (Å²) in [6, 6.07) is 8.69. The first-order valence-corrected chi connectivity index (χ1v) is 8.72. The van der Waals surface area contributed by atoms with Crippen molar-refractivity contribution < 1.29 is 4.42 Å². The minimum absolute atomic E-state index is 0. The molecule has 0 saturated heterocycles. The van der Waals surface area contributed by atoms with E-state index in [0.29, 0.717) is 12.6 Å². The van der Waals surface area contributed by atoms with Crippen LogP contribution in [0.4, 0.5) is 0 Å². The second kappa shape index (κ2) is 10.7. The molecule has 2 N–H and O–H groups in total. The molecule has 2 rings (SSSR count). The fourth-order valence-corrected chi connectivity index (χ4v) is 2.88. The molecule has 0 atom stereocenters. The Bertz CT molecular complexity index is 681. The molecule has 0 aliphatic heterocycles. The Hall–Kier alpha value is -1.28. The summed E-state index contributed by atoms with van der Waals surface area (Å²) in [6.07, 6.45) is 0. The van der Waals surface area contributed by atoms with E-state index in [4.69, 9.17) is 4.42 Å². The van der Waals surface area contributed by atoms with Crippen LogP contribution in [0.3, 0.4) is 0 Å². The second-order valence-electron chi connectivity index (χ2n) is 6.22. The zero-order chi connectivity index (χ0) is 17.5. The van der Waals surface area contributed by atoms with Crippen LogP contribution >= 0.6 is 24.0 Å². The van der Waals surface area contributed by atoms with Crippen LogP contribution in [-0.2, 0) is 6.54 Å². The second-order valence-corrected chi connectivity index (χ2v) is 6.22. The molecule has 1 aromatic carbocycles. The van der Waals surface area contributed by atoms with E-state index in [9.17, 15) is 0 Å². The first-order valence-electron chi connectivity index (χ1n) is 8.72. The van der Waals surface area contributed by atoms with Gasteiger partial charge >= 0.3 is 0 Å². The third-order valence-corrected chi connectivity index (χ3v) is 4.41. The van der Waals surface area contributed by atoms with Crippen molar-refractivity contribution in [2.24, 2.45) is 4.99 Å². The fraction of sp³-hybridized carbons (Fsp3) is 0.526. The van der Waals surface area contributed by atoms with E-state index in [1.807, 2.05) is 18.2 Å². The van der Waals surface area contributed by atoms with Crippen LogP contribution in [0.1, 0.15) is 32.1 Å². The SMILES string of the molecule is CCN(CCNC(=NC)NCc1oc2ccccc2c1C)C(C)C.I. The summed E-state index contributed by atoms with van der Waals surface area (Å²) < 4.78 is 5.93. The molecule has 0 unspecified atom stereocenters. The summed E-state index contributed by atoms with van der Waals surface area (Å²) >= 11 is 0. The largest absolute Gasteiger partial charge is 0.459 e. The molecule has 140 valence electrons. The summed E-state index contributed by atoms with van der Waals surface area (Å²) in [5.74, 6) is 1.76. The topological polar surface area (TPSA) is 52.8 Å².